The van der Waals surface area contributed by atoms with Gasteiger partial charge in [-0.3, -0.25) is 0 Å². The van der Waals surface area contributed by atoms with Crippen molar-refractivity contribution in [3.8, 4) is 0 Å². The van der Waals surface area contributed by atoms with E-state index < -0.39 is 12.9 Å². The maximum atomic E-state index is 8.55. The summed E-state index contributed by atoms with van der Waals surface area (Å²) < 4.78 is 8.55. The second-order valence-electron chi connectivity index (χ2n) is 0.671. The summed E-state index contributed by atoms with van der Waals surface area (Å²) in [5.74, 6) is 0. The van der Waals surface area contributed by atoms with Gasteiger partial charge in [-0.05, 0) is 0 Å². The summed E-state index contributed by atoms with van der Waals surface area (Å²) in [7, 11) is -5.39. The molecule has 0 saturated carbocycles. The molecule has 0 aliphatic carbocycles. The van der Waals surface area contributed by atoms with Gasteiger partial charge in [0, 0.05) is 0 Å². The predicted octanol–water partition coefficient (Wildman–Crippen LogP) is -12.1. The summed E-state index contributed by atoms with van der Waals surface area (Å²) in [6.07, 6.45) is 0. The SMILES string of the molecule is O.O.O.O.O.O.O.O.O.O.O=P([O-])([O-])[O-].O=[N+]([O-])[O-].[Mg+2].[Mg+2]. The molecule has 0 aliphatic heterocycles. The van der Waals surface area contributed by atoms with Gasteiger partial charge in [0.05, 0.1) is 5.09 Å². The molecule has 0 aromatic rings. The van der Waals surface area contributed by atoms with E-state index in [1.165, 1.54) is 0 Å². The molecule has 0 heterocycles. The topological polar surface area (TPSA) is 467 Å². The van der Waals surface area contributed by atoms with Gasteiger partial charge in [-0.15, -0.1) is 0 Å². The molecule has 0 bridgehead atoms. The Kier molecular flexibility index (Phi) is 668. The number of nitrogens with zero attached hydrogens (tertiary/aromatic N) is 1. The molecule has 0 aromatic carbocycles. The van der Waals surface area contributed by atoms with E-state index in [2.05, 4.69) is 0 Å². The van der Waals surface area contributed by atoms with E-state index in [0.29, 0.717) is 0 Å². The molecule has 0 amide bonds. The zero-order valence-electron chi connectivity index (χ0n) is 10.2. The maximum Gasteiger partial charge on any atom is 2.00 e. The Labute approximate surface area is 148 Å². The van der Waals surface area contributed by atoms with Crippen LogP contribution >= 0.6 is 7.82 Å². The minimum Gasteiger partial charge on any atom is -0.822 e. The Morgan fingerprint density at radius 2 is 0.571 bits per heavy atom. The van der Waals surface area contributed by atoms with Gasteiger partial charge in [-0.25, -0.2) is 0 Å². The van der Waals surface area contributed by atoms with Gasteiger partial charge in [-0.1, -0.05) is 0 Å². The summed E-state index contributed by atoms with van der Waals surface area (Å²) in [6, 6.07) is 0. The molecule has 0 atom stereocenters. The number of rotatable bonds is 0. The van der Waals surface area contributed by atoms with Crippen LogP contribution in [0.15, 0.2) is 0 Å². The molecule has 0 rings (SSSR count). The Balaban J connectivity index is -0.00000000249. The fraction of sp³-hybridized carbons (Fsp3) is 0. The largest absolute Gasteiger partial charge is 2.00 e. The van der Waals surface area contributed by atoms with Gasteiger partial charge in [0.1, 0.15) is 0 Å². The quantitative estimate of drug-likeness (QED) is 0.167. The van der Waals surface area contributed by atoms with Crippen molar-refractivity contribution in [3.63, 3.8) is 0 Å². The van der Waals surface area contributed by atoms with Crippen LogP contribution in [0, 0.1) is 15.3 Å². The molecule has 21 heteroatoms. The van der Waals surface area contributed by atoms with Gasteiger partial charge in [0.2, 0.25) is 0 Å². The maximum absolute atomic E-state index is 8.55. The third kappa shape index (κ3) is 35500. The standard InChI is InChI=1S/2Mg.NO3.H3O4P.10H2O/c;;2-1(3)4;1-5(2,3)4;;;;;;;;;;/h;;;(H3,1,2,3,4);10*1H2/q2*+2;-1;;;;;;;;;;;/p-3. The Hall–Kier alpha value is 0.442. The summed E-state index contributed by atoms with van der Waals surface area (Å²) >= 11 is 0. The first kappa shape index (κ1) is 162. The number of phosphoric acid groups is 1. The first-order chi connectivity index (χ1) is 3.73. The summed E-state index contributed by atoms with van der Waals surface area (Å²) in [5.41, 5.74) is 0. The first-order valence-corrected chi connectivity index (χ1v) is 2.74. The van der Waals surface area contributed by atoms with E-state index in [4.69, 9.17) is 34.6 Å². The summed E-state index contributed by atoms with van der Waals surface area (Å²) in [6.45, 7) is 0. The van der Waals surface area contributed by atoms with Gasteiger partial charge < -0.3 is 89.3 Å². The second-order valence-corrected chi connectivity index (χ2v) is 1.57. The molecule has 0 saturated heterocycles. The van der Waals surface area contributed by atoms with Crippen LogP contribution in [0.1, 0.15) is 0 Å². The molecule has 0 spiro atoms. The molecule has 0 radical (unpaired) electrons. The van der Waals surface area contributed by atoms with Crippen molar-refractivity contribution in [2.45, 2.75) is 0 Å². The fourth-order valence-corrected chi connectivity index (χ4v) is 0. The fourth-order valence-electron chi connectivity index (χ4n) is 0. The van der Waals surface area contributed by atoms with Crippen LogP contribution in [-0.2, 0) is 4.57 Å². The molecular formula is H20Mg2NO17P. The molecule has 20 N–H and O–H groups in total. The van der Waals surface area contributed by atoms with Gasteiger partial charge in [0.15, 0.2) is 0 Å². The molecular weight excluding hydrogens is 366 g/mol. The van der Waals surface area contributed by atoms with Crippen LogP contribution in [0.4, 0.5) is 0 Å². The van der Waals surface area contributed by atoms with Gasteiger partial charge in [-0.2, -0.15) is 7.82 Å². The average molecular weight is 386 g/mol. The molecule has 0 unspecified atom stereocenters. The second kappa shape index (κ2) is 86.7. The number of hydrogen-bond donors (Lipinski definition) is 0. The summed E-state index contributed by atoms with van der Waals surface area (Å²) in [4.78, 5) is 33.9. The Morgan fingerprint density at radius 1 is 0.571 bits per heavy atom. The zero-order valence-corrected chi connectivity index (χ0v) is 13.9. The molecule has 18 nitrogen and oxygen atoms in total. The monoisotopic (exact) mass is 385 g/mol. The van der Waals surface area contributed by atoms with Gasteiger partial charge >= 0.3 is 46.1 Å². The van der Waals surface area contributed by atoms with Crippen molar-refractivity contribution in [2.24, 2.45) is 0 Å². The van der Waals surface area contributed by atoms with Crippen molar-refractivity contribution in [1.82, 2.24) is 0 Å². The third-order valence-corrected chi connectivity index (χ3v) is 0. The van der Waals surface area contributed by atoms with Crippen molar-refractivity contribution in [1.29, 1.82) is 0 Å². The Morgan fingerprint density at radius 3 is 0.571 bits per heavy atom. The van der Waals surface area contributed by atoms with Crippen LogP contribution in [-0.4, -0.2) is 106 Å². The zero-order chi connectivity index (χ0) is 8.08. The molecule has 21 heavy (non-hydrogen) atoms. The van der Waals surface area contributed by atoms with Crippen LogP contribution in [0.3, 0.4) is 0 Å². The minimum absolute atomic E-state index is 0. The van der Waals surface area contributed by atoms with Crippen molar-refractivity contribution in [2.75, 3.05) is 0 Å². The first-order valence-electron chi connectivity index (χ1n) is 1.28. The van der Waals surface area contributed by atoms with Crippen molar-refractivity contribution < 1.29 is 79.1 Å². The van der Waals surface area contributed by atoms with Crippen LogP contribution < -0.4 is 14.7 Å². The van der Waals surface area contributed by atoms with Crippen molar-refractivity contribution in [3.05, 3.63) is 15.3 Å². The Bertz CT molecular complexity index is 120. The van der Waals surface area contributed by atoms with E-state index in [1.54, 1.807) is 0 Å². The average Bonchev–Trinajstić information content (AvgIpc) is 1.19. The van der Waals surface area contributed by atoms with E-state index >= 15 is 0 Å². The smallest absolute Gasteiger partial charge is 0.822 e. The van der Waals surface area contributed by atoms with E-state index in [9.17, 15) is 0 Å². The molecule has 0 aliphatic rings. The van der Waals surface area contributed by atoms with E-state index in [1.807, 2.05) is 0 Å². The van der Waals surface area contributed by atoms with E-state index in [0.717, 1.165) is 0 Å². The predicted molar refractivity (Wildman–Crippen MR) is 65.6 cm³/mol. The van der Waals surface area contributed by atoms with Gasteiger partial charge in [0.25, 0.3) is 0 Å². The minimum atomic E-state index is -5.39. The summed E-state index contributed by atoms with van der Waals surface area (Å²) in [5, 5.41) is 14.8. The van der Waals surface area contributed by atoms with Crippen LogP contribution in [0.5, 0.6) is 0 Å². The molecule has 0 aromatic heterocycles. The van der Waals surface area contributed by atoms with Crippen LogP contribution in [0.25, 0.3) is 0 Å². The van der Waals surface area contributed by atoms with Crippen molar-refractivity contribution >= 4 is 53.9 Å². The molecule has 0 fully saturated rings. The number of hydrogen-bond acceptors (Lipinski definition) is 7. The van der Waals surface area contributed by atoms with Crippen LogP contribution in [0.2, 0.25) is 0 Å². The third-order valence-electron chi connectivity index (χ3n) is 0. The molecule has 136 valence electrons. The normalized spacial score (nSPS) is 3.95. The van der Waals surface area contributed by atoms with E-state index in [-0.39, 0.29) is 101 Å².